The molecule has 0 fully saturated rings. The summed E-state index contributed by atoms with van der Waals surface area (Å²) in [6, 6.07) is 8.47. The van der Waals surface area contributed by atoms with E-state index in [1.165, 1.54) is 0 Å². The summed E-state index contributed by atoms with van der Waals surface area (Å²) in [7, 11) is 1.54. The van der Waals surface area contributed by atoms with Gasteiger partial charge in [-0.2, -0.15) is 0 Å². The van der Waals surface area contributed by atoms with Gasteiger partial charge in [0.15, 0.2) is 0 Å². The van der Waals surface area contributed by atoms with E-state index in [9.17, 15) is 9.59 Å². The fourth-order valence-corrected chi connectivity index (χ4v) is 1.45. The number of halogens is 1. The van der Waals surface area contributed by atoms with Crippen LogP contribution in [0, 0.1) is 0 Å². The molecule has 0 bridgehead atoms. The van der Waals surface area contributed by atoms with Crippen molar-refractivity contribution in [3.63, 3.8) is 0 Å². The number of benzene rings is 1. The van der Waals surface area contributed by atoms with Gasteiger partial charge in [-0.05, 0) is 5.56 Å². The fourth-order valence-electron chi connectivity index (χ4n) is 1.29. The molecule has 1 atom stereocenters. The Balaban J connectivity index is 2.88. The first-order chi connectivity index (χ1) is 7.69. The van der Waals surface area contributed by atoms with Gasteiger partial charge in [-0.25, -0.2) is 0 Å². The number of rotatable bonds is 4. The Bertz CT molecular complexity index is 368. The van der Waals surface area contributed by atoms with Gasteiger partial charge in [-0.3, -0.25) is 9.59 Å². The van der Waals surface area contributed by atoms with Gasteiger partial charge in [0.05, 0.1) is 5.33 Å². The van der Waals surface area contributed by atoms with Crippen molar-refractivity contribution in [2.24, 2.45) is 0 Å². The number of amides is 2. The Kier molecular flexibility index (Phi) is 4.98. The van der Waals surface area contributed by atoms with Gasteiger partial charge < -0.3 is 10.6 Å². The van der Waals surface area contributed by atoms with E-state index in [0.717, 1.165) is 5.56 Å². The molecule has 86 valence electrons. The van der Waals surface area contributed by atoms with Crippen LogP contribution in [0.3, 0.4) is 0 Å². The molecule has 0 aromatic heterocycles. The highest BCUT2D eigenvalue weighted by molar-refractivity contribution is 9.09. The summed E-state index contributed by atoms with van der Waals surface area (Å²) in [5.74, 6) is -0.460. The van der Waals surface area contributed by atoms with E-state index in [1.54, 1.807) is 19.2 Å². The maximum absolute atomic E-state index is 11.6. The summed E-state index contributed by atoms with van der Waals surface area (Å²) in [5, 5.41) is 5.33. The first-order valence-corrected chi connectivity index (χ1v) is 5.93. The molecule has 4 nitrogen and oxygen atoms in total. The smallest absolute Gasteiger partial charge is 0.246 e. The lowest BCUT2D eigenvalue weighted by Gasteiger charge is -2.16. The molecule has 0 spiro atoms. The number of carbonyl (C=O) groups is 2. The fraction of sp³-hybridized carbons (Fsp3) is 0.273. The van der Waals surface area contributed by atoms with Gasteiger partial charge in [0.2, 0.25) is 11.8 Å². The van der Waals surface area contributed by atoms with Crippen LogP contribution in [-0.4, -0.2) is 24.2 Å². The number of carbonyl (C=O) groups excluding carboxylic acids is 2. The molecular weight excluding hydrogens is 272 g/mol. The van der Waals surface area contributed by atoms with Crippen LogP contribution in [-0.2, 0) is 9.59 Å². The van der Waals surface area contributed by atoms with Crippen molar-refractivity contribution in [1.29, 1.82) is 0 Å². The van der Waals surface area contributed by atoms with Crippen LogP contribution in [0.25, 0.3) is 0 Å². The third kappa shape index (κ3) is 3.34. The summed E-state index contributed by atoms with van der Waals surface area (Å²) < 4.78 is 0. The van der Waals surface area contributed by atoms with E-state index in [-0.39, 0.29) is 17.1 Å². The predicted molar refractivity (Wildman–Crippen MR) is 65.2 cm³/mol. The monoisotopic (exact) mass is 284 g/mol. The van der Waals surface area contributed by atoms with E-state index in [2.05, 4.69) is 26.6 Å². The second-order valence-electron chi connectivity index (χ2n) is 3.16. The van der Waals surface area contributed by atoms with E-state index >= 15 is 0 Å². The first-order valence-electron chi connectivity index (χ1n) is 4.81. The summed E-state index contributed by atoms with van der Waals surface area (Å²) in [5.41, 5.74) is 0.760. The molecule has 0 radical (unpaired) electrons. The molecule has 1 aromatic carbocycles. The number of nitrogens with one attached hydrogen (secondary N) is 2. The van der Waals surface area contributed by atoms with Crippen LogP contribution >= 0.6 is 15.9 Å². The summed E-state index contributed by atoms with van der Waals surface area (Å²) >= 11 is 3.04. The van der Waals surface area contributed by atoms with E-state index in [4.69, 9.17) is 0 Å². The van der Waals surface area contributed by atoms with Gasteiger partial charge in [-0.1, -0.05) is 46.3 Å². The predicted octanol–water partition coefficient (Wildman–Crippen LogP) is 0.985. The van der Waals surface area contributed by atoms with Gasteiger partial charge in [0, 0.05) is 7.05 Å². The van der Waals surface area contributed by atoms with Crippen LogP contribution in [0.4, 0.5) is 0 Å². The molecule has 0 saturated carbocycles. The summed E-state index contributed by atoms with van der Waals surface area (Å²) in [6.07, 6.45) is 0. The topological polar surface area (TPSA) is 58.2 Å². The standard InChI is InChI=1S/C11H13BrN2O2/c1-13-11(16)10(14-9(15)7-12)8-5-3-2-4-6-8/h2-6,10H,7H2,1H3,(H,13,16)(H,14,15). The molecule has 2 N–H and O–H groups in total. The highest BCUT2D eigenvalue weighted by Crippen LogP contribution is 2.12. The van der Waals surface area contributed by atoms with Gasteiger partial charge in [-0.15, -0.1) is 0 Å². The summed E-state index contributed by atoms with van der Waals surface area (Å²) in [6.45, 7) is 0. The number of alkyl halides is 1. The molecule has 1 unspecified atom stereocenters. The maximum atomic E-state index is 11.6. The lowest BCUT2D eigenvalue weighted by molar-refractivity contribution is -0.127. The van der Waals surface area contributed by atoms with Crippen molar-refractivity contribution in [2.75, 3.05) is 12.4 Å². The molecule has 1 aromatic rings. The van der Waals surface area contributed by atoms with Crippen molar-refractivity contribution < 1.29 is 9.59 Å². The molecule has 0 heterocycles. The Morgan fingerprint density at radius 1 is 1.31 bits per heavy atom. The second-order valence-corrected chi connectivity index (χ2v) is 3.72. The molecule has 0 aliphatic rings. The lowest BCUT2D eigenvalue weighted by Crippen LogP contribution is -2.39. The van der Waals surface area contributed by atoms with Crippen molar-refractivity contribution in [1.82, 2.24) is 10.6 Å². The SMILES string of the molecule is CNC(=O)C(NC(=O)CBr)c1ccccc1. The zero-order valence-corrected chi connectivity index (χ0v) is 10.5. The van der Waals surface area contributed by atoms with E-state index in [0.29, 0.717) is 0 Å². The van der Waals surface area contributed by atoms with Crippen molar-refractivity contribution in [3.8, 4) is 0 Å². The van der Waals surface area contributed by atoms with E-state index in [1.807, 2.05) is 18.2 Å². The largest absolute Gasteiger partial charge is 0.357 e. The van der Waals surface area contributed by atoms with Crippen molar-refractivity contribution in [2.45, 2.75) is 6.04 Å². The normalized spacial score (nSPS) is 11.6. The van der Waals surface area contributed by atoms with Crippen molar-refractivity contribution in [3.05, 3.63) is 35.9 Å². The molecular formula is C11H13BrN2O2. The van der Waals surface area contributed by atoms with Crippen LogP contribution in [0.15, 0.2) is 30.3 Å². The Morgan fingerprint density at radius 2 is 1.94 bits per heavy atom. The van der Waals surface area contributed by atoms with E-state index < -0.39 is 6.04 Å². The molecule has 2 amide bonds. The molecule has 1 rings (SSSR count). The quantitative estimate of drug-likeness (QED) is 0.810. The van der Waals surface area contributed by atoms with Crippen LogP contribution in [0.2, 0.25) is 0 Å². The van der Waals surface area contributed by atoms with Crippen LogP contribution in [0.5, 0.6) is 0 Å². The molecule has 0 saturated heterocycles. The Morgan fingerprint density at radius 3 is 2.44 bits per heavy atom. The number of hydrogen-bond donors (Lipinski definition) is 2. The van der Waals surface area contributed by atoms with Crippen LogP contribution in [0.1, 0.15) is 11.6 Å². The first kappa shape index (κ1) is 12.7. The Labute approximate surface area is 103 Å². The average Bonchev–Trinajstić information content (AvgIpc) is 2.35. The number of hydrogen-bond acceptors (Lipinski definition) is 2. The van der Waals surface area contributed by atoms with Crippen LogP contribution < -0.4 is 10.6 Å². The minimum absolute atomic E-state index is 0.174. The second kappa shape index (κ2) is 6.27. The minimum Gasteiger partial charge on any atom is -0.357 e. The number of likely N-dealkylation sites (N-methyl/N-ethyl adjacent to an activating group) is 1. The van der Waals surface area contributed by atoms with Gasteiger partial charge >= 0.3 is 0 Å². The molecule has 16 heavy (non-hydrogen) atoms. The minimum atomic E-state index is -0.642. The third-order valence-corrected chi connectivity index (χ3v) is 2.58. The Hall–Kier alpha value is -1.36. The molecule has 5 heteroatoms. The third-order valence-electron chi connectivity index (χ3n) is 2.07. The molecule has 0 aliphatic carbocycles. The summed E-state index contributed by atoms with van der Waals surface area (Å²) in [4.78, 5) is 22.9. The zero-order chi connectivity index (χ0) is 12.0. The van der Waals surface area contributed by atoms with Gasteiger partial charge in [0.25, 0.3) is 0 Å². The average molecular weight is 285 g/mol. The van der Waals surface area contributed by atoms with Crippen molar-refractivity contribution >= 4 is 27.7 Å². The lowest BCUT2D eigenvalue weighted by atomic mass is 10.1. The zero-order valence-electron chi connectivity index (χ0n) is 8.87. The highest BCUT2D eigenvalue weighted by atomic mass is 79.9. The highest BCUT2D eigenvalue weighted by Gasteiger charge is 2.20. The maximum Gasteiger partial charge on any atom is 0.246 e. The molecule has 0 aliphatic heterocycles. The van der Waals surface area contributed by atoms with Gasteiger partial charge in [0.1, 0.15) is 6.04 Å².